The van der Waals surface area contributed by atoms with Crippen molar-refractivity contribution in [2.45, 2.75) is 32.1 Å². The van der Waals surface area contributed by atoms with Crippen LogP contribution < -0.4 is 0 Å². The second-order valence-electron chi connectivity index (χ2n) is 5.64. The molecule has 0 saturated carbocycles. The standard InChI is InChI=1S/C17H20ClN3O/c18-17-14(21-13-7-4-8-15(21)19-17)9-10-16(22)20-11-5-2-1-3-6-12-20/h4,7-10,13H,1-3,5-6,11-12H2/b10-9+. The fourth-order valence-corrected chi connectivity index (χ4v) is 3.10. The molecule has 0 unspecified atom stereocenters. The molecule has 1 amide bonds. The molecule has 0 aromatic carbocycles. The molecule has 0 bridgehead atoms. The Morgan fingerprint density at radius 2 is 1.86 bits per heavy atom. The van der Waals surface area contributed by atoms with Crippen molar-refractivity contribution in [2.24, 2.45) is 0 Å². The van der Waals surface area contributed by atoms with Crippen LogP contribution in [0.2, 0.25) is 5.15 Å². The Kier molecular flexibility index (Phi) is 4.78. The van der Waals surface area contributed by atoms with E-state index in [0.29, 0.717) is 5.15 Å². The number of amides is 1. The van der Waals surface area contributed by atoms with Gasteiger partial charge in [0.2, 0.25) is 5.91 Å². The van der Waals surface area contributed by atoms with E-state index in [1.165, 1.54) is 19.3 Å². The van der Waals surface area contributed by atoms with Gasteiger partial charge in [0.25, 0.3) is 0 Å². The van der Waals surface area contributed by atoms with Crippen LogP contribution in [-0.2, 0) is 4.79 Å². The van der Waals surface area contributed by atoms with Crippen molar-refractivity contribution in [2.75, 3.05) is 13.1 Å². The van der Waals surface area contributed by atoms with E-state index < -0.39 is 0 Å². The summed E-state index contributed by atoms with van der Waals surface area (Å²) < 4.78 is 1.89. The summed E-state index contributed by atoms with van der Waals surface area (Å²) in [7, 11) is 0. The lowest BCUT2D eigenvalue weighted by Gasteiger charge is -2.23. The molecule has 4 nitrogen and oxygen atoms in total. The van der Waals surface area contributed by atoms with Crippen molar-refractivity contribution >= 4 is 29.2 Å². The molecule has 2 aromatic heterocycles. The Morgan fingerprint density at radius 1 is 1.14 bits per heavy atom. The summed E-state index contributed by atoms with van der Waals surface area (Å²) in [6.45, 7) is 1.70. The topological polar surface area (TPSA) is 37.6 Å². The molecule has 0 aliphatic carbocycles. The Balaban J connectivity index is 1.77. The van der Waals surface area contributed by atoms with E-state index >= 15 is 0 Å². The van der Waals surface area contributed by atoms with Crippen LogP contribution in [0.4, 0.5) is 0 Å². The minimum Gasteiger partial charge on any atom is -0.339 e. The Labute approximate surface area is 135 Å². The summed E-state index contributed by atoms with van der Waals surface area (Å²) in [5, 5.41) is 0.419. The number of halogens is 1. The van der Waals surface area contributed by atoms with Crippen LogP contribution >= 0.6 is 11.6 Å². The van der Waals surface area contributed by atoms with Crippen molar-refractivity contribution in [1.82, 2.24) is 14.3 Å². The fraction of sp³-hybridized carbons (Fsp3) is 0.412. The van der Waals surface area contributed by atoms with Gasteiger partial charge < -0.3 is 4.90 Å². The van der Waals surface area contributed by atoms with Crippen molar-refractivity contribution in [3.05, 3.63) is 41.3 Å². The van der Waals surface area contributed by atoms with Gasteiger partial charge in [0.05, 0.1) is 5.69 Å². The number of rotatable bonds is 2. The second kappa shape index (κ2) is 6.97. The molecule has 1 saturated heterocycles. The number of nitrogens with zero attached hydrogens (tertiary/aromatic N) is 3. The number of carbonyl (C=O) groups is 1. The second-order valence-corrected chi connectivity index (χ2v) is 6.00. The highest BCUT2D eigenvalue weighted by Gasteiger charge is 2.13. The lowest BCUT2D eigenvalue weighted by molar-refractivity contribution is -0.126. The molecule has 1 fully saturated rings. The number of aromatic nitrogens is 2. The maximum absolute atomic E-state index is 12.4. The fourth-order valence-electron chi connectivity index (χ4n) is 2.86. The van der Waals surface area contributed by atoms with Crippen LogP contribution in [0.1, 0.15) is 37.8 Å². The quantitative estimate of drug-likeness (QED) is 0.790. The lowest BCUT2D eigenvalue weighted by atomic mass is 10.1. The maximum atomic E-state index is 12.4. The number of carbonyl (C=O) groups excluding carboxylic acids is 1. The van der Waals surface area contributed by atoms with Crippen molar-refractivity contribution in [3.8, 4) is 0 Å². The van der Waals surface area contributed by atoms with E-state index in [-0.39, 0.29) is 5.91 Å². The average Bonchev–Trinajstić information content (AvgIpc) is 2.80. The van der Waals surface area contributed by atoms with Gasteiger partial charge in [-0.1, -0.05) is 36.9 Å². The Morgan fingerprint density at radius 3 is 2.64 bits per heavy atom. The van der Waals surface area contributed by atoms with Gasteiger partial charge in [0, 0.05) is 25.4 Å². The van der Waals surface area contributed by atoms with Gasteiger partial charge >= 0.3 is 0 Å². The molecule has 0 atom stereocenters. The predicted molar refractivity (Wildman–Crippen MR) is 88.9 cm³/mol. The van der Waals surface area contributed by atoms with E-state index in [1.54, 1.807) is 12.2 Å². The largest absolute Gasteiger partial charge is 0.339 e. The first kappa shape index (κ1) is 15.1. The molecule has 3 heterocycles. The van der Waals surface area contributed by atoms with Gasteiger partial charge in [-0.05, 0) is 31.1 Å². The molecule has 5 heteroatoms. The van der Waals surface area contributed by atoms with Crippen molar-refractivity contribution < 1.29 is 4.79 Å². The maximum Gasteiger partial charge on any atom is 0.246 e. The number of imidazole rings is 1. The summed E-state index contributed by atoms with van der Waals surface area (Å²) in [5.41, 5.74) is 1.53. The molecule has 2 aromatic rings. The molecule has 1 aliphatic rings. The summed E-state index contributed by atoms with van der Waals surface area (Å²) >= 11 is 6.18. The average molecular weight is 318 g/mol. The molecule has 0 N–H and O–H groups in total. The Bertz CT molecular complexity index is 684. The molecule has 1 aliphatic heterocycles. The van der Waals surface area contributed by atoms with Gasteiger partial charge in [0.1, 0.15) is 5.65 Å². The molecule has 0 spiro atoms. The third-order valence-electron chi connectivity index (χ3n) is 4.07. The zero-order valence-corrected chi connectivity index (χ0v) is 13.3. The molecule has 0 radical (unpaired) electrons. The molecule has 116 valence electrons. The Hall–Kier alpha value is -1.81. The lowest BCUT2D eigenvalue weighted by Crippen LogP contribution is -2.32. The number of fused-ring (bicyclic) bond motifs is 1. The van der Waals surface area contributed by atoms with Crippen LogP contribution in [0, 0.1) is 0 Å². The third-order valence-corrected chi connectivity index (χ3v) is 4.35. The first-order chi connectivity index (χ1) is 10.8. The number of pyridine rings is 1. The van der Waals surface area contributed by atoms with Gasteiger partial charge in [0.15, 0.2) is 5.15 Å². The first-order valence-corrected chi connectivity index (χ1v) is 8.23. The number of likely N-dealkylation sites (tertiary alicyclic amines) is 1. The smallest absolute Gasteiger partial charge is 0.246 e. The first-order valence-electron chi connectivity index (χ1n) is 7.85. The number of hydrogen-bond acceptors (Lipinski definition) is 2. The normalized spacial score (nSPS) is 16.9. The predicted octanol–water partition coefficient (Wildman–Crippen LogP) is 3.79. The highest BCUT2D eigenvalue weighted by Crippen LogP contribution is 2.19. The van der Waals surface area contributed by atoms with Crippen molar-refractivity contribution in [1.29, 1.82) is 0 Å². The monoisotopic (exact) mass is 317 g/mol. The summed E-state index contributed by atoms with van der Waals surface area (Å²) in [5.74, 6) is 0.0591. The number of hydrogen-bond donors (Lipinski definition) is 0. The van der Waals surface area contributed by atoms with Gasteiger partial charge in [-0.15, -0.1) is 0 Å². The van der Waals surface area contributed by atoms with Gasteiger partial charge in [-0.25, -0.2) is 4.98 Å². The zero-order chi connectivity index (χ0) is 15.4. The minimum atomic E-state index is 0.0591. The third kappa shape index (κ3) is 3.33. The van der Waals surface area contributed by atoms with Crippen LogP contribution in [0.5, 0.6) is 0 Å². The summed E-state index contributed by atoms with van der Waals surface area (Å²) in [4.78, 5) is 18.6. The van der Waals surface area contributed by atoms with E-state index in [1.807, 2.05) is 33.7 Å². The summed E-state index contributed by atoms with van der Waals surface area (Å²) in [6.07, 6.45) is 11.2. The van der Waals surface area contributed by atoms with E-state index in [2.05, 4.69) is 4.98 Å². The van der Waals surface area contributed by atoms with Crippen molar-refractivity contribution in [3.63, 3.8) is 0 Å². The molecular weight excluding hydrogens is 298 g/mol. The van der Waals surface area contributed by atoms with Crippen LogP contribution in [0.3, 0.4) is 0 Å². The van der Waals surface area contributed by atoms with E-state index in [9.17, 15) is 4.79 Å². The highest BCUT2D eigenvalue weighted by molar-refractivity contribution is 6.31. The molecule has 22 heavy (non-hydrogen) atoms. The molecule has 3 rings (SSSR count). The van der Waals surface area contributed by atoms with Crippen LogP contribution in [0.15, 0.2) is 30.5 Å². The van der Waals surface area contributed by atoms with E-state index in [0.717, 1.165) is 37.3 Å². The molecular formula is C17H20ClN3O. The van der Waals surface area contributed by atoms with Crippen LogP contribution in [-0.4, -0.2) is 33.3 Å². The summed E-state index contributed by atoms with van der Waals surface area (Å²) in [6, 6.07) is 5.73. The van der Waals surface area contributed by atoms with Crippen LogP contribution in [0.25, 0.3) is 11.7 Å². The highest BCUT2D eigenvalue weighted by atomic mass is 35.5. The minimum absolute atomic E-state index is 0.0591. The van der Waals surface area contributed by atoms with Gasteiger partial charge in [-0.3, -0.25) is 9.20 Å². The van der Waals surface area contributed by atoms with E-state index in [4.69, 9.17) is 11.6 Å². The SMILES string of the molecule is O=C(/C=C/c1c(Cl)nc2ccccn12)N1CCCCCCC1. The van der Waals surface area contributed by atoms with Gasteiger partial charge in [-0.2, -0.15) is 0 Å². The zero-order valence-electron chi connectivity index (χ0n) is 12.5.